The molecule has 0 aliphatic carbocycles. The first-order valence-corrected chi connectivity index (χ1v) is 11.8. The molecule has 0 fully saturated rings. The lowest BCUT2D eigenvalue weighted by molar-refractivity contribution is 0.102. The molecule has 0 spiro atoms. The summed E-state index contributed by atoms with van der Waals surface area (Å²) in [6, 6.07) is 18.5. The van der Waals surface area contributed by atoms with E-state index in [0.717, 1.165) is 17.5 Å². The third-order valence-electron chi connectivity index (χ3n) is 5.08. The van der Waals surface area contributed by atoms with Crippen LogP contribution in [0, 0.1) is 6.92 Å². The number of aryl methyl sites for hydroxylation is 3. The number of rotatable bonds is 8. The Kier molecular flexibility index (Phi) is 6.50. The van der Waals surface area contributed by atoms with Crippen LogP contribution >= 0.6 is 0 Å². The lowest BCUT2D eigenvalue weighted by Gasteiger charge is -2.11. The maximum atomic E-state index is 12.7. The van der Waals surface area contributed by atoms with Gasteiger partial charge in [-0.15, -0.1) is 0 Å². The first-order valence-electron chi connectivity index (χ1n) is 10.3. The van der Waals surface area contributed by atoms with Crippen LogP contribution in [0.3, 0.4) is 0 Å². The summed E-state index contributed by atoms with van der Waals surface area (Å²) in [5, 5.41) is 7.10. The van der Waals surface area contributed by atoms with Crippen molar-refractivity contribution in [3.63, 3.8) is 0 Å². The lowest BCUT2D eigenvalue weighted by atomic mass is 10.2. The Morgan fingerprint density at radius 3 is 2.42 bits per heavy atom. The molecule has 9 heteroatoms. The number of carbonyl (C=O) groups is 1. The summed E-state index contributed by atoms with van der Waals surface area (Å²) >= 11 is 0. The van der Waals surface area contributed by atoms with Crippen LogP contribution in [0.1, 0.15) is 21.5 Å². The van der Waals surface area contributed by atoms with E-state index in [1.807, 2.05) is 31.2 Å². The normalized spacial score (nSPS) is 11.2. The molecule has 2 aromatic heterocycles. The summed E-state index contributed by atoms with van der Waals surface area (Å²) in [6.07, 6.45) is 6.09. The minimum absolute atomic E-state index is 0.0719. The van der Waals surface area contributed by atoms with Gasteiger partial charge in [0.05, 0.1) is 10.6 Å². The van der Waals surface area contributed by atoms with E-state index in [1.54, 1.807) is 41.5 Å². The molecule has 2 aromatic carbocycles. The van der Waals surface area contributed by atoms with Gasteiger partial charge in [0.25, 0.3) is 15.9 Å². The molecule has 0 radical (unpaired) electrons. The molecule has 0 saturated carbocycles. The number of aromatic nitrogens is 3. The first kappa shape index (κ1) is 22.2. The van der Waals surface area contributed by atoms with Gasteiger partial charge in [0.2, 0.25) is 0 Å². The molecular formula is C24H23N5O3S. The number of nitrogens with zero attached hydrogens (tertiary/aromatic N) is 3. The fourth-order valence-corrected chi connectivity index (χ4v) is 4.34. The predicted molar refractivity (Wildman–Crippen MR) is 127 cm³/mol. The molecule has 0 unspecified atom stereocenters. The van der Waals surface area contributed by atoms with Crippen molar-refractivity contribution in [3.8, 4) is 0 Å². The highest BCUT2D eigenvalue weighted by atomic mass is 32.2. The van der Waals surface area contributed by atoms with E-state index >= 15 is 0 Å². The Balaban J connectivity index is 1.37. The smallest absolute Gasteiger partial charge is 0.261 e. The molecule has 2 heterocycles. The van der Waals surface area contributed by atoms with Crippen LogP contribution in [0.2, 0.25) is 0 Å². The second-order valence-corrected chi connectivity index (χ2v) is 9.15. The van der Waals surface area contributed by atoms with E-state index in [9.17, 15) is 13.2 Å². The van der Waals surface area contributed by atoms with Gasteiger partial charge in [-0.2, -0.15) is 5.10 Å². The fourth-order valence-electron chi connectivity index (χ4n) is 3.21. The van der Waals surface area contributed by atoms with Crippen LogP contribution in [0.15, 0.2) is 90.2 Å². The number of anilines is 2. The zero-order valence-electron chi connectivity index (χ0n) is 18.0. The Bertz CT molecular complexity index is 1350. The van der Waals surface area contributed by atoms with E-state index in [-0.39, 0.29) is 10.8 Å². The van der Waals surface area contributed by atoms with Gasteiger partial charge in [-0.25, -0.2) is 8.42 Å². The van der Waals surface area contributed by atoms with E-state index in [2.05, 4.69) is 20.1 Å². The highest BCUT2D eigenvalue weighted by Crippen LogP contribution is 2.20. The van der Waals surface area contributed by atoms with Crippen molar-refractivity contribution in [2.24, 2.45) is 0 Å². The average Bonchev–Trinajstić information content (AvgIpc) is 3.27. The quantitative estimate of drug-likeness (QED) is 0.414. The van der Waals surface area contributed by atoms with E-state index < -0.39 is 10.0 Å². The van der Waals surface area contributed by atoms with E-state index in [0.29, 0.717) is 23.6 Å². The predicted octanol–water partition coefficient (Wildman–Crippen LogP) is 3.88. The molecule has 2 N–H and O–H groups in total. The molecule has 0 bridgehead atoms. The third-order valence-corrected chi connectivity index (χ3v) is 6.46. The standard InChI is InChI=1S/C24H23N5O3S/c1-18-4-2-3-5-22(18)28-33(31,32)21-8-6-20(7-9-21)24(30)26-23-13-17-29(27-23)16-12-19-10-14-25-15-11-19/h2-11,13-15,17,28H,12,16H2,1H3,(H,26,27,30). The third kappa shape index (κ3) is 5.64. The van der Waals surface area contributed by atoms with Crippen molar-refractivity contribution in [1.29, 1.82) is 0 Å². The number of benzene rings is 2. The van der Waals surface area contributed by atoms with Gasteiger partial charge in [-0.3, -0.25) is 19.2 Å². The number of hydrogen-bond acceptors (Lipinski definition) is 5. The van der Waals surface area contributed by atoms with Gasteiger partial charge >= 0.3 is 0 Å². The monoisotopic (exact) mass is 461 g/mol. The molecule has 1 amide bonds. The molecule has 0 aliphatic heterocycles. The minimum atomic E-state index is -3.76. The van der Waals surface area contributed by atoms with Gasteiger partial charge in [0.15, 0.2) is 5.82 Å². The largest absolute Gasteiger partial charge is 0.305 e. The molecule has 0 aliphatic rings. The first-order chi connectivity index (χ1) is 15.9. The molecule has 168 valence electrons. The maximum Gasteiger partial charge on any atom is 0.261 e. The number of para-hydroxylation sites is 1. The molecule has 4 aromatic rings. The van der Waals surface area contributed by atoms with Gasteiger partial charge in [-0.05, 0) is 66.9 Å². The fraction of sp³-hybridized carbons (Fsp3) is 0.125. The van der Waals surface area contributed by atoms with Crippen LogP contribution < -0.4 is 10.0 Å². The summed E-state index contributed by atoms with van der Waals surface area (Å²) < 4.78 is 29.7. The SMILES string of the molecule is Cc1ccccc1NS(=O)(=O)c1ccc(C(=O)Nc2ccn(CCc3ccncc3)n2)cc1. The summed E-state index contributed by atoms with van der Waals surface area (Å²) in [5.41, 5.74) is 2.81. The molecular weight excluding hydrogens is 438 g/mol. The summed E-state index contributed by atoms with van der Waals surface area (Å²) in [7, 11) is -3.76. The van der Waals surface area contributed by atoms with Gasteiger partial charge in [0.1, 0.15) is 0 Å². The average molecular weight is 462 g/mol. The van der Waals surface area contributed by atoms with E-state index in [1.165, 1.54) is 24.3 Å². The van der Waals surface area contributed by atoms with Crippen molar-refractivity contribution >= 4 is 27.4 Å². The summed E-state index contributed by atoms with van der Waals surface area (Å²) in [5.74, 6) is 0.0536. The molecule has 0 atom stereocenters. The Labute approximate surface area is 192 Å². The Hall–Kier alpha value is -3.98. The second kappa shape index (κ2) is 9.66. The minimum Gasteiger partial charge on any atom is -0.305 e. The highest BCUT2D eigenvalue weighted by Gasteiger charge is 2.16. The number of sulfonamides is 1. The number of carbonyl (C=O) groups excluding carboxylic acids is 1. The Morgan fingerprint density at radius 2 is 1.70 bits per heavy atom. The summed E-state index contributed by atoms with van der Waals surface area (Å²) in [6.45, 7) is 2.49. The zero-order valence-corrected chi connectivity index (χ0v) is 18.8. The molecule has 8 nitrogen and oxygen atoms in total. The Morgan fingerprint density at radius 1 is 0.970 bits per heavy atom. The van der Waals surface area contributed by atoms with Crippen molar-refractivity contribution in [1.82, 2.24) is 14.8 Å². The van der Waals surface area contributed by atoms with Crippen molar-refractivity contribution in [3.05, 3.63) is 102 Å². The van der Waals surface area contributed by atoms with Crippen LogP contribution in [-0.4, -0.2) is 29.1 Å². The molecule has 33 heavy (non-hydrogen) atoms. The van der Waals surface area contributed by atoms with Crippen molar-refractivity contribution in [2.45, 2.75) is 24.8 Å². The van der Waals surface area contributed by atoms with Gasteiger partial charge in [-0.1, -0.05) is 18.2 Å². The topological polar surface area (TPSA) is 106 Å². The molecule has 4 rings (SSSR count). The highest BCUT2D eigenvalue weighted by molar-refractivity contribution is 7.92. The van der Waals surface area contributed by atoms with Crippen LogP contribution in [0.5, 0.6) is 0 Å². The molecule has 0 saturated heterocycles. The number of hydrogen-bond donors (Lipinski definition) is 2. The number of nitrogens with one attached hydrogen (secondary N) is 2. The zero-order chi connectivity index (χ0) is 23.3. The van der Waals surface area contributed by atoms with Gasteiger partial charge < -0.3 is 5.32 Å². The van der Waals surface area contributed by atoms with Crippen LogP contribution in [0.25, 0.3) is 0 Å². The van der Waals surface area contributed by atoms with Crippen LogP contribution in [0.4, 0.5) is 11.5 Å². The maximum absolute atomic E-state index is 12.7. The summed E-state index contributed by atoms with van der Waals surface area (Å²) in [4.78, 5) is 16.6. The second-order valence-electron chi connectivity index (χ2n) is 7.47. The number of amides is 1. The van der Waals surface area contributed by atoms with E-state index in [4.69, 9.17) is 0 Å². The lowest BCUT2D eigenvalue weighted by Crippen LogP contribution is -2.15. The van der Waals surface area contributed by atoms with Crippen LogP contribution in [-0.2, 0) is 23.0 Å². The van der Waals surface area contributed by atoms with Crippen molar-refractivity contribution in [2.75, 3.05) is 10.0 Å². The van der Waals surface area contributed by atoms with Gasteiger partial charge in [0, 0.05) is 36.8 Å². The van der Waals surface area contributed by atoms with Crippen molar-refractivity contribution < 1.29 is 13.2 Å². The number of pyridine rings is 1.